The smallest absolute Gasteiger partial charge is 0.236 e. The highest BCUT2D eigenvalue weighted by atomic mass is 16.5. The van der Waals surface area contributed by atoms with Gasteiger partial charge in [-0.1, -0.05) is 0 Å². The second-order valence-corrected chi connectivity index (χ2v) is 3.05. The normalized spacial score (nSPS) is 24.2. The Kier molecular flexibility index (Phi) is 3.49. The number of hydrogen-bond acceptors (Lipinski definition) is 3. The third-order valence-corrected chi connectivity index (χ3v) is 1.92. The standard InChI is InChI=1S/C8H16N2O2/c1-7-6-10(3-4-12-7)8(11)5-9-2/h7,9H,3-6H2,1-2H3. The summed E-state index contributed by atoms with van der Waals surface area (Å²) in [6.07, 6.45) is 0.180. The maximum absolute atomic E-state index is 11.4. The number of rotatable bonds is 2. The fourth-order valence-corrected chi connectivity index (χ4v) is 1.31. The molecule has 1 unspecified atom stereocenters. The highest BCUT2D eigenvalue weighted by Crippen LogP contribution is 2.03. The van der Waals surface area contributed by atoms with Gasteiger partial charge in [0.2, 0.25) is 5.91 Å². The van der Waals surface area contributed by atoms with E-state index in [4.69, 9.17) is 4.74 Å². The molecule has 1 rings (SSSR count). The van der Waals surface area contributed by atoms with Gasteiger partial charge < -0.3 is 15.0 Å². The van der Waals surface area contributed by atoms with E-state index in [0.717, 1.165) is 13.1 Å². The minimum atomic E-state index is 0.160. The van der Waals surface area contributed by atoms with Gasteiger partial charge in [0.15, 0.2) is 0 Å². The zero-order valence-corrected chi connectivity index (χ0v) is 7.67. The van der Waals surface area contributed by atoms with Gasteiger partial charge in [-0.05, 0) is 14.0 Å². The number of carbonyl (C=O) groups excluding carboxylic acids is 1. The number of ether oxygens (including phenoxy) is 1. The predicted octanol–water partition coefficient (Wildman–Crippen LogP) is -0.547. The van der Waals surface area contributed by atoms with Gasteiger partial charge in [0, 0.05) is 13.1 Å². The molecule has 0 aliphatic carbocycles. The number of nitrogens with zero attached hydrogens (tertiary/aromatic N) is 1. The van der Waals surface area contributed by atoms with Crippen molar-refractivity contribution < 1.29 is 9.53 Å². The van der Waals surface area contributed by atoms with Crippen molar-refractivity contribution in [3.8, 4) is 0 Å². The van der Waals surface area contributed by atoms with Crippen LogP contribution in [0.15, 0.2) is 0 Å². The van der Waals surface area contributed by atoms with Crippen LogP contribution in [-0.2, 0) is 9.53 Å². The Morgan fingerprint density at radius 3 is 3.08 bits per heavy atom. The minimum Gasteiger partial charge on any atom is -0.375 e. The van der Waals surface area contributed by atoms with Gasteiger partial charge in [-0.3, -0.25) is 4.79 Å². The quantitative estimate of drug-likeness (QED) is 0.608. The SMILES string of the molecule is CNCC(=O)N1CCOC(C)C1. The fourth-order valence-electron chi connectivity index (χ4n) is 1.31. The molecule has 0 saturated carbocycles. The number of morpholine rings is 1. The van der Waals surface area contributed by atoms with Gasteiger partial charge in [-0.15, -0.1) is 0 Å². The Labute approximate surface area is 72.9 Å². The van der Waals surface area contributed by atoms with Gasteiger partial charge in [-0.2, -0.15) is 0 Å². The van der Waals surface area contributed by atoms with Crippen LogP contribution in [0.1, 0.15) is 6.92 Å². The van der Waals surface area contributed by atoms with Crippen molar-refractivity contribution in [2.45, 2.75) is 13.0 Å². The molecule has 0 aromatic rings. The largest absolute Gasteiger partial charge is 0.375 e. The first-order valence-electron chi connectivity index (χ1n) is 4.28. The fraction of sp³-hybridized carbons (Fsp3) is 0.875. The van der Waals surface area contributed by atoms with Crippen LogP contribution in [0.25, 0.3) is 0 Å². The topological polar surface area (TPSA) is 41.6 Å². The van der Waals surface area contributed by atoms with Crippen molar-refractivity contribution in [1.29, 1.82) is 0 Å². The van der Waals surface area contributed by atoms with Gasteiger partial charge in [0.1, 0.15) is 0 Å². The first-order chi connectivity index (χ1) is 5.74. The van der Waals surface area contributed by atoms with Gasteiger partial charge in [-0.25, -0.2) is 0 Å². The summed E-state index contributed by atoms with van der Waals surface area (Å²) in [5.41, 5.74) is 0. The lowest BCUT2D eigenvalue weighted by Crippen LogP contribution is -2.47. The molecule has 12 heavy (non-hydrogen) atoms. The molecular formula is C8H16N2O2. The third kappa shape index (κ3) is 2.46. The third-order valence-electron chi connectivity index (χ3n) is 1.92. The second kappa shape index (κ2) is 4.42. The number of likely N-dealkylation sites (N-methyl/N-ethyl adjacent to an activating group) is 1. The summed E-state index contributed by atoms with van der Waals surface area (Å²) in [6.45, 7) is 4.52. The van der Waals surface area contributed by atoms with Crippen molar-refractivity contribution in [2.75, 3.05) is 33.3 Å². The van der Waals surface area contributed by atoms with Gasteiger partial charge >= 0.3 is 0 Å². The van der Waals surface area contributed by atoms with Crippen LogP contribution in [-0.4, -0.2) is 50.2 Å². The van der Waals surface area contributed by atoms with E-state index in [1.165, 1.54) is 0 Å². The van der Waals surface area contributed by atoms with E-state index in [0.29, 0.717) is 13.2 Å². The molecule has 0 aromatic carbocycles. The molecule has 1 saturated heterocycles. The van der Waals surface area contributed by atoms with Crippen LogP contribution in [0.4, 0.5) is 0 Å². The predicted molar refractivity (Wildman–Crippen MR) is 45.9 cm³/mol. The Balaban J connectivity index is 2.35. The summed E-state index contributed by atoms with van der Waals surface area (Å²) in [7, 11) is 1.78. The summed E-state index contributed by atoms with van der Waals surface area (Å²) < 4.78 is 5.32. The monoisotopic (exact) mass is 172 g/mol. The maximum atomic E-state index is 11.4. The van der Waals surface area contributed by atoms with E-state index in [1.807, 2.05) is 11.8 Å². The lowest BCUT2D eigenvalue weighted by molar-refractivity contribution is -0.137. The van der Waals surface area contributed by atoms with Gasteiger partial charge in [0.05, 0.1) is 19.3 Å². The molecule has 1 aliphatic rings. The molecule has 1 fully saturated rings. The van der Waals surface area contributed by atoms with Crippen molar-refractivity contribution >= 4 is 5.91 Å². The molecule has 70 valence electrons. The Morgan fingerprint density at radius 1 is 1.75 bits per heavy atom. The highest BCUT2D eigenvalue weighted by molar-refractivity contribution is 5.78. The van der Waals surface area contributed by atoms with E-state index >= 15 is 0 Å². The number of carbonyl (C=O) groups is 1. The van der Waals surface area contributed by atoms with E-state index in [1.54, 1.807) is 7.05 Å². The minimum absolute atomic E-state index is 0.160. The molecule has 0 bridgehead atoms. The zero-order chi connectivity index (χ0) is 8.97. The molecule has 0 aromatic heterocycles. The summed E-state index contributed by atoms with van der Waals surface area (Å²) in [5, 5.41) is 2.85. The summed E-state index contributed by atoms with van der Waals surface area (Å²) in [4.78, 5) is 13.2. The van der Waals surface area contributed by atoms with Crippen LogP contribution in [0, 0.1) is 0 Å². The van der Waals surface area contributed by atoms with Crippen molar-refractivity contribution in [3.63, 3.8) is 0 Å². The molecule has 0 radical (unpaired) electrons. The van der Waals surface area contributed by atoms with Crippen LogP contribution in [0.3, 0.4) is 0 Å². The summed E-state index contributed by atoms with van der Waals surface area (Å²) in [6, 6.07) is 0. The molecule has 1 amide bonds. The van der Waals surface area contributed by atoms with Gasteiger partial charge in [0.25, 0.3) is 0 Å². The average Bonchev–Trinajstić information content (AvgIpc) is 2.05. The molecule has 4 heteroatoms. The first kappa shape index (κ1) is 9.48. The number of nitrogens with one attached hydrogen (secondary N) is 1. The van der Waals surface area contributed by atoms with Crippen molar-refractivity contribution in [1.82, 2.24) is 10.2 Å². The van der Waals surface area contributed by atoms with Crippen LogP contribution < -0.4 is 5.32 Å². The molecule has 1 aliphatic heterocycles. The zero-order valence-electron chi connectivity index (χ0n) is 7.67. The van der Waals surface area contributed by atoms with Crippen LogP contribution in [0.5, 0.6) is 0 Å². The van der Waals surface area contributed by atoms with Crippen molar-refractivity contribution in [2.24, 2.45) is 0 Å². The number of hydrogen-bond donors (Lipinski definition) is 1. The second-order valence-electron chi connectivity index (χ2n) is 3.05. The van der Waals surface area contributed by atoms with Crippen molar-refractivity contribution in [3.05, 3.63) is 0 Å². The first-order valence-corrected chi connectivity index (χ1v) is 4.28. The molecule has 1 N–H and O–H groups in total. The van der Waals surface area contributed by atoms with E-state index in [2.05, 4.69) is 5.32 Å². The molecule has 1 atom stereocenters. The maximum Gasteiger partial charge on any atom is 0.236 e. The lowest BCUT2D eigenvalue weighted by Gasteiger charge is -2.31. The molecule has 0 spiro atoms. The van der Waals surface area contributed by atoms with Crippen LogP contribution >= 0.6 is 0 Å². The van der Waals surface area contributed by atoms with Crippen LogP contribution in [0.2, 0.25) is 0 Å². The number of amides is 1. The Hall–Kier alpha value is -0.610. The molecular weight excluding hydrogens is 156 g/mol. The molecule has 4 nitrogen and oxygen atoms in total. The Bertz CT molecular complexity index is 161. The van der Waals surface area contributed by atoms with E-state index in [-0.39, 0.29) is 12.0 Å². The van der Waals surface area contributed by atoms with E-state index in [9.17, 15) is 4.79 Å². The highest BCUT2D eigenvalue weighted by Gasteiger charge is 2.20. The summed E-state index contributed by atoms with van der Waals surface area (Å²) >= 11 is 0. The van der Waals surface area contributed by atoms with E-state index < -0.39 is 0 Å². The molecule has 1 heterocycles. The Morgan fingerprint density at radius 2 is 2.50 bits per heavy atom. The lowest BCUT2D eigenvalue weighted by atomic mass is 10.3. The average molecular weight is 172 g/mol. The summed E-state index contributed by atoms with van der Waals surface area (Å²) in [5.74, 6) is 0.160.